The highest BCUT2D eigenvalue weighted by atomic mass is 16.5. The van der Waals surface area contributed by atoms with E-state index >= 15 is 0 Å². The Bertz CT molecular complexity index is 458. The molecule has 1 aromatic rings. The zero-order valence-electron chi connectivity index (χ0n) is 12.7. The summed E-state index contributed by atoms with van der Waals surface area (Å²) >= 11 is 0. The molecule has 6 heteroatoms. The fraction of sp³-hybridized carbons (Fsp3) is 0.714. The monoisotopic (exact) mass is 280 g/mol. The van der Waals surface area contributed by atoms with Crippen molar-refractivity contribution in [3.8, 4) is 0 Å². The summed E-state index contributed by atoms with van der Waals surface area (Å²) in [6, 6.07) is 1.88. The van der Waals surface area contributed by atoms with Gasteiger partial charge in [0.2, 0.25) is 5.91 Å². The van der Waals surface area contributed by atoms with Gasteiger partial charge < -0.3 is 10.1 Å². The van der Waals surface area contributed by atoms with Gasteiger partial charge in [-0.15, -0.1) is 0 Å². The van der Waals surface area contributed by atoms with E-state index in [1.807, 2.05) is 38.4 Å². The topological polar surface area (TPSA) is 59.4 Å². The van der Waals surface area contributed by atoms with Crippen LogP contribution in [0.3, 0.4) is 0 Å². The van der Waals surface area contributed by atoms with Gasteiger partial charge in [0, 0.05) is 25.2 Å². The van der Waals surface area contributed by atoms with Crippen LogP contribution in [0.2, 0.25) is 0 Å². The zero-order chi connectivity index (χ0) is 14.7. The minimum Gasteiger partial charge on any atom is -0.376 e. The molecule has 20 heavy (non-hydrogen) atoms. The third-order valence-electron chi connectivity index (χ3n) is 3.61. The number of rotatable bonds is 4. The molecule has 2 rings (SSSR count). The Kier molecular flexibility index (Phi) is 4.77. The molecule has 6 nitrogen and oxygen atoms in total. The SMILES string of the molecule is CC1CN(C(C)C(=O)Nc2ccnn2C(C)C)CCO1. The van der Waals surface area contributed by atoms with Crippen LogP contribution in [0.4, 0.5) is 5.82 Å². The number of carbonyl (C=O) groups is 1. The lowest BCUT2D eigenvalue weighted by Crippen LogP contribution is -2.50. The number of carbonyl (C=O) groups excluding carboxylic acids is 1. The van der Waals surface area contributed by atoms with Crippen LogP contribution in [0.25, 0.3) is 0 Å². The predicted molar refractivity (Wildman–Crippen MR) is 77.7 cm³/mol. The maximum atomic E-state index is 12.4. The number of ether oxygens (including phenoxy) is 1. The van der Waals surface area contributed by atoms with E-state index in [0.29, 0.717) is 6.61 Å². The molecule has 1 aliphatic rings. The van der Waals surface area contributed by atoms with Crippen molar-refractivity contribution in [1.82, 2.24) is 14.7 Å². The molecule has 1 aromatic heterocycles. The first-order valence-electron chi connectivity index (χ1n) is 7.19. The highest BCUT2D eigenvalue weighted by Crippen LogP contribution is 2.15. The van der Waals surface area contributed by atoms with Gasteiger partial charge in [0.25, 0.3) is 0 Å². The first-order chi connectivity index (χ1) is 9.49. The molecule has 1 aliphatic heterocycles. The molecule has 0 aromatic carbocycles. The highest BCUT2D eigenvalue weighted by Gasteiger charge is 2.26. The molecule has 2 unspecified atom stereocenters. The predicted octanol–water partition coefficient (Wildman–Crippen LogP) is 1.51. The second-order valence-corrected chi connectivity index (χ2v) is 5.60. The van der Waals surface area contributed by atoms with Crippen molar-refractivity contribution in [2.75, 3.05) is 25.0 Å². The Balaban J connectivity index is 1.98. The van der Waals surface area contributed by atoms with Gasteiger partial charge in [-0.1, -0.05) is 0 Å². The van der Waals surface area contributed by atoms with Gasteiger partial charge in [-0.2, -0.15) is 5.10 Å². The van der Waals surface area contributed by atoms with Crippen LogP contribution in [-0.2, 0) is 9.53 Å². The van der Waals surface area contributed by atoms with E-state index < -0.39 is 0 Å². The Morgan fingerprint density at radius 2 is 2.25 bits per heavy atom. The summed E-state index contributed by atoms with van der Waals surface area (Å²) < 4.78 is 7.32. The van der Waals surface area contributed by atoms with Gasteiger partial charge in [0.15, 0.2) is 0 Å². The van der Waals surface area contributed by atoms with Gasteiger partial charge >= 0.3 is 0 Å². The minimum atomic E-state index is -0.170. The van der Waals surface area contributed by atoms with Crippen molar-refractivity contribution in [2.24, 2.45) is 0 Å². The van der Waals surface area contributed by atoms with E-state index in [0.717, 1.165) is 18.9 Å². The van der Waals surface area contributed by atoms with E-state index in [-0.39, 0.29) is 24.1 Å². The summed E-state index contributed by atoms with van der Waals surface area (Å²) in [5.74, 6) is 0.750. The number of nitrogens with zero attached hydrogens (tertiary/aromatic N) is 3. The van der Waals surface area contributed by atoms with Gasteiger partial charge in [0.1, 0.15) is 5.82 Å². The van der Waals surface area contributed by atoms with Crippen LogP contribution < -0.4 is 5.32 Å². The van der Waals surface area contributed by atoms with E-state index in [1.165, 1.54) is 0 Å². The molecule has 1 amide bonds. The zero-order valence-corrected chi connectivity index (χ0v) is 12.7. The summed E-state index contributed by atoms with van der Waals surface area (Å²) in [7, 11) is 0. The lowest BCUT2D eigenvalue weighted by atomic mass is 10.2. The van der Waals surface area contributed by atoms with Crippen LogP contribution in [0.1, 0.15) is 33.7 Å². The van der Waals surface area contributed by atoms with Crippen molar-refractivity contribution in [3.63, 3.8) is 0 Å². The summed E-state index contributed by atoms with van der Waals surface area (Å²) in [6.45, 7) is 10.3. The maximum absolute atomic E-state index is 12.4. The summed E-state index contributed by atoms with van der Waals surface area (Å²) in [6.07, 6.45) is 1.89. The standard InChI is InChI=1S/C14H24N4O2/c1-10(2)18-13(5-6-15-18)16-14(19)12(4)17-7-8-20-11(3)9-17/h5-6,10-12H,7-9H2,1-4H3,(H,16,19). The first kappa shape index (κ1) is 15.0. The molecule has 2 atom stereocenters. The summed E-state index contributed by atoms with van der Waals surface area (Å²) in [5, 5.41) is 7.18. The quantitative estimate of drug-likeness (QED) is 0.908. The molecule has 0 bridgehead atoms. The molecule has 1 fully saturated rings. The third kappa shape index (κ3) is 3.37. The fourth-order valence-corrected chi connectivity index (χ4v) is 2.42. The van der Waals surface area contributed by atoms with Crippen molar-refractivity contribution in [2.45, 2.75) is 45.9 Å². The molecule has 0 spiro atoms. The molecule has 112 valence electrons. The largest absolute Gasteiger partial charge is 0.376 e. The van der Waals surface area contributed by atoms with Crippen LogP contribution >= 0.6 is 0 Å². The number of nitrogens with one attached hydrogen (secondary N) is 1. The average Bonchev–Trinajstić information content (AvgIpc) is 2.86. The second-order valence-electron chi connectivity index (χ2n) is 5.60. The molecule has 0 radical (unpaired) electrons. The lowest BCUT2D eigenvalue weighted by molar-refractivity contribution is -0.123. The second kappa shape index (κ2) is 6.37. The molecule has 2 heterocycles. The normalized spacial score (nSPS) is 21.9. The van der Waals surface area contributed by atoms with Gasteiger partial charge in [-0.25, -0.2) is 4.68 Å². The molecular formula is C14H24N4O2. The molecule has 0 saturated carbocycles. The van der Waals surface area contributed by atoms with Crippen LogP contribution in [0.15, 0.2) is 12.3 Å². The van der Waals surface area contributed by atoms with Crippen LogP contribution in [0.5, 0.6) is 0 Å². The number of anilines is 1. The van der Waals surface area contributed by atoms with Crippen molar-refractivity contribution in [3.05, 3.63) is 12.3 Å². The molecule has 1 saturated heterocycles. The average molecular weight is 280 g/mol. The Hall–Kier alpha value is -1.40. The van der Waals surface area contributed by atoms with E-state index in [4.69, 9.17) is 4.74 Å². The Labute approximate surface area is 120 Å². The Morgan fingerprint density at radius 3 is 2.90 bits per heavy atom. The number of amides is 1. The number of morpholine rings is 1. The third-order valence-corrected chi connectivity index (χ3v) is 3.61. The molecular weight excluding hydrogens is 256 g/mol. The summed E-state index contributed by atoms with van der Waals surface area (Å²) in [5.41, 5.74) is 0. The van der Waals surface area contributed by atoms with Crippen molar-refractivity contribution >= 4 is 11.7 Å². The highest BCUT2D eigenvalue weighted by molar-refractivity contribution is 5.93. The summed E-state index contributed by atoms with van der Waals surface area (Å²) in [4.78, 5) is 14.5. The van der Waals surface area contributed by atoms with Crippen molar-refractivity contribution < 1.29 is 9.53 Å². The van der Waals surface area contributed by atoms with Crippen LogP contribution in [-0.4, -0.2) is 52.4 Å². The van der Waals surface area contributed by atoms with Gasteiger partial charge in [-0.05, 0) is 27.7 Å². The van der Waals surface area contributed by atoms with Gasteiger partial charge in [-0.3, -0.25) is 9.69 Å². The van der Waals surface area contributed by atoms with Crippen LogP contribution in [0, 0.1) is 0 Å². The minimum absolute atomic E-state index is 0.00139. The van der Waals surface area contributed by atoms with E-state index in [9.17, 15) is 4.79 Å². The number of hydrogen-bond acceptors (Lipinski definition) is 4. The van der Waals surface area contributed by atoms with Crippen molar-refractivity contribution in [1.29, 1.82) is 0 Å². The smallest absolute Gasteiger partial charge is 0.242 e. The fourth-order valence-electron chi connectivity index (χ4n) is 2.42. The lowest BCUT2D eigenvalue weighted by Gasteiger charge is -2.34. The van der Waals surface area contributed by atoms with E-state index in [2.05, 4.69) is 15.3 Å². The maximum Gasteiger partial charge on any atom is 0.242 e. The molecule has 1 N–H and O–H groups in total. The number of hydrogen-bond donors (Lipinski definition) is 1. The number of aromatic nitrogens is 2. The molecule has 0 aliphatic carbocycles. The van der Waals surface area contributed by atoms with Gasteiger partial charge in [0.05, 0.1) is 24.9 Å². The Morgan fingerprint density at radius 1 is 1.50 bits per heavy atom. The first-order valence-corrected chi connectivity index (χ1v) is 7.19. The van der Waals surface area contributed by atoms with E-state index in [1.54, 1.807) is 6.20 Å².